The Morgan fingerprint density at radius 3 is 2.62 bits per heavy atom. The number of pyridine rings is 1. The minimum absolute atomic E-state index is 0.0460. The van der Waals surface area contributed by atoms with E-state index < -0.39 is 0 Å². The van der Waals surface area contributed by atoms with Gasteiger partial charge in [-0.3, -0.25) is 4.79 Å². The molecule has 0 N–H and O–H groups in total. The zero-order valence-electron chi connectivity index (χ0n) is 15.0. The van der Waals surface area contributed by atoms with Crippen molar-refractivity contribution >= 4 is 22.5 Å². The molecule has 0 atom stereocenters. The Morgan fingerprint density at radius 1 is 1.12 bits per heavy atom. The van der Waals surface area contributed by atoms with Crippen molar-refractivity contribution in [1.29, 1.82) is 0 Å². The summed E-state index contributed by atoms with van der Waals surface area (Å²) in [5, 5.41) is 2.01. The molecule has 0 unspecified atom stereocenters. The quantitative estimate of drug-likeness (QED) is 0.712. The number of anilines is 1. The lowest BCUT2D eigenvalue weighted by Gasteiger charge is -2.29. The molecule has 0 bridgehead atoms. The highest BCUT2D eigenvalue weighted by Gasteiger charge is 2.21. The Hall–Kier alpha value is -2.82. The minimum atomic E-state index is -0.0460. The van der Waals surface area contributed by atoms with Crippen molar-refractivity contribution in [2.45, 2.75) is 25.8 Å². The monoisotopic (exact) mass is 349 g/mol. The molecule has 5 nitrogen and oxygen atoms in total. The number of fused-ring (bicyclic) bond motifs is 1. The molecule has 26 heavy (non-hydrogen) atoms. The van der Waals surface area contributed by atoms with Gasteiger partial charge in [-0.2, -0.15) is 0 Å². The first-order valence-electron chi connectivity index (χ1n) is 9.14. The number of carbonyl (C=O) groups is 1. The number of hydrogen-bond donors (Lipinski definition) is 0. The van der Waals surface area contributed by atoms with Crippen LogP contribution in [0.1, 0.15) is 35.4 Å². The second kappa shape index (κ2) is 7.20. The van der Waals surface area contributed by atoms with Crippen LogP contribution in [0.2, 0.25) is 0 Å². The third-order valence-electron chi connectivity index (χ3n) is 4.98. The molecule has 0 saturated carbocycles. The minimum Gasteiger partial charge on any atom is -0.467 e. The van der Waals surface area contributed by atoms with Crippen molar-refractivity contribution in [3.05, 3.63) is 60.2 Å². The van der Waals surface area contributed by atoms with Crippen LogP contribution in [-0.4, -0.2) is 35.9 Å². The molecule has 1 amide bonds. The number of benzene rings is 1. The molecule has 1 aliphatic rings. The van der Waals surface area contributed by atoms with Crippen molar-refractivity contribution in [2.75, 3.05) is 25.0 Å². The van der Waals surface area contributed by atoms with Crippen molar-refractivity contribution in [3.63, 3.8) is 0 Å². The van der Waals surface area contributed by atoms with Crippen molar-refractivity contribution < 1.29 is 9.21 Å². The molecule has 0 spiro atoms. The lowest BCUT2D eigenvalue weighted by molar-refractivity contribution is 0.0777. The van der Waals surface area contributed by atoms with Gasteiger partial charge < -0.3 is 14.2 Å². The molecule has 4 rings (SSSR count). The lowest BCUT2D eigenvalue weighted by Crippen LogP contribution is -2.31. The average Bonchev–Trinajstić information content (AvgIpc) is 3.20. The molecule has 0 aliphatic carbocycles. The molecule has 1 saturated heterocycles. The molecule has 1 fully saturated rings. The number of aromatic nitrogens is 1. The van der Waals surface area contributed by atoms with Crippen LogP contribution >= 0.6 is 0 Å². The van der Waals surface area contributed by atoms with E-state index in [9.17, 15) is 4.79 Å². The molecule has 1 aromatic carbocycles. The number of piperidine rings is 1. The number of rotatable bonds is 4. The van der Waals surface area contributed by atoms with Crippen LogP contribution in [0.15, 0.2) is 53.3 Å². The molecular weight excluding hydrogens is 326 g/mol. The van der Waals surface area contributed by atoms with E-state index >= 15 is 0 Å². The molecule has 3 heterocycles. The van der Waals surface area contributed by atoms with Gasteiger partial charge in [-0.1, -0.05) is 24.3 Å². The van der Waals surface area contributed by atoms with Crippen molar-refractivity contribution in [1.82, 2.24) is 9.88 Å². The molecule has 3 aromatic rings. The lowest BCUT2D eigenvalue weighted by atomic mass is 10.0. The third kappa shape index (κ3) is 3.17. The summed E-state index contributed by atoms with van der Waals surface area (Å²) in [5.41, 5.74) is 0.635. The van der Waals surface area contributed by atoms with Gasteiger partial charge in [0.1, 0.15) is 11.6 Å². The van der Waals surface area contributed by atoms with E-state index in [2.05, 4.69) is 16.0 Å². The largest absolute Gasteiger partial charge is 0.467 e. The second-order valence-corrected chi connectivity index (χ2v) is 6.83. The molecule has 0 radical (unpaired) electrons. The van der Waals surface area contributed by atoms with E-state index in [1.54, 1.807) is 24.4 Å². The maximum atomic E-state index is 13.0. The number of carbonyl (C=O) groups excluding carboxylic acids is 1. The Balaban J connectivity index is 1.68. The molecule has 1 aliphatic heterocycles. The summed E-state index contributed by atoms with van der Waals surface area (Å²) in [5.74, 6) is 1.71. The number of furan rings is 1. The highest BCUT2D eigenvalue weighted by atomic mass is 16.3. The summed E-state index contributed by atoms with van der Waals surface area (Å²) in [7, 11) is 1.79. The van der Waals surface area contributed by atoms with Gasteiger partial charge in [-0.25, -0.2) is 4.98 Å². The highest BCUT2D eigenvalue weighted by molar-refractivity contribution is 6.09. The van der Waals surface area contributed by atoms with Gasteiger partial charge in [0, 0.05) is 31.7 Å². The van der Waals surface area contributed by atoms with Gasteiger partial charge in [-0.05, 0) is 36.8 Å². The Bertz CT molecular complexity index is 899. The molecule has 134 valence electrons. The van der Waals surface area contributed by atoms with Gasteiger partial charge >= 0.3 is 0 Å². The van der Waals surface area contributed by atoms with E-state index in [1.165, 1.54) is 19.3 Å². The van der Waals surface area contributed by atoms with E-state index in [0.717, 1.165) is 35.4 Å². The highest BCUT2D eigenvalue weighted by Crippen LogP contribution is 2.29. The van der Waals surface area contributed by atoms with Crippen LogP contribution < -0.4 is 4.90 Å². The van der Waals surface area contributed by atoms with Crippen LogP contribution in [0, 0.1) is 0 Å². The van der Waals surface area contributed by atoms with E-state index in [-0.39, 0.29) is 5.91 Å². The van der Waals surface area contributed by atoms with Crippen LogP contribution in [0.25, 0.3) is 10.8 Å². The maximum absolute atomic E-state index is 13.0. The topological polar surface area (TPSA) is 49.6 Å². The predicted octanol–water partition coefficient (Wildman–Crippen LogP) is 4.09. The van der Waals surface area contributed by atoms with Gasteiger partial charge in [0.25, 0.3) is 5.91 Å². The maximum Gasteiger partial charge on any atom is 0.256 e. The smallest absolute Gasteiger partial charge is 0.256 e. The standard InChI is InChI=1S/C21H23N3O2/c1-23(15-16-8-7-13-26-16)21(25)19-14-22-20(24-11-5-2-6-12-24)18-10-4-3-9-17(18)19/h3-4,7-10,13-14H,2,5-6,11-12,15H2,1H3. The van der Waals surface area contributed by atoms with Gasteiger partial charge in [-0.15, -0.1) is 0 Å². The zero-order chi connectivity index (χ0) is 17.9. The van der Waals surface area contributed by atoms with E-state index in [0.29, 0.717) is 12.1 Å². The fourth-order valence-corrected chi connectivity index (χ4v) is 3.62. The van der Waals surface area contributed by atoms with E-state index in [1.807, 2.05) is 30.3 Å². The Kier molecular flexibility index (Phi) is 4.61. The van der Waals surface area contributed by atoms with Gasteiger partial charge in [0.15, 0.2) is 0 Å². The summed E-state index contributed by atoms with van der Waals surface area (Å²) in [6.07, 6.45) is 7.03. The summed E-state index contributed by atoms with van der Waals surface area (Å²) in [4.78, 5) is 21.7. The second-order valence-electron chi connectivity index (χ2n) is 6.83. The SMILES string of the molecule is CN(Cc1ccco1)C(=O)c1cnc(N2CCCCC2)c2ccccc12. The van der Waals surface area contributed by atoms with Crippen molar-refractivity contribution in [3.8, 4) is 0 Å². The van der Waals surface area contributed by atoms with Crippen LogP contribution in [-0.2, 0) is 6.54 Å². The summed E-state index contributed by atoms with van der Waals surface area (Å²) in [6.45, 7) is 2.50. The Labute approximate surface area is 153 Å². The Morgan fingerprint density at radius 2 is 1.88 bits per heavy atom. The summed E-state index contributed by atoms with van der Waals surface area (Å²) in [6, 6.07) is 11.8. The van der Waals surface area contributed by atoms with Crippen molar-refractivity contribution in [2.24, 2.45) is 0 Å². The number of hydrogen-bond acceptors (Lipinski definition) is 4. The van der Waals surface area contributed by atoms with Gasteiger partial charge in [0.2, 0.25) is 0 Å². The predicted molar refractivity (Wildman–Crippen MR) is 102 cm³/mol. The molecule has 5 heteroatoms. The summed E-state index contributed by atoms with van der Waals surface area (Å²) < 4.78 is 5.36. The van der Waals surface area contributed by atoms with Crippen LogP contribution in [0.3, 0.4) is 0 Å². The normalized spacial score (nSPS) is 14.6. The fraction of sp³-hybridized carbons (Fsp3) is 0.333. The number of amides is 1. The first kappa shape index (κ1) is 16.6. The summed E-state index contributed by atoms with van der Waals surface area (Å²) >= 11 is 0. The molecule has 2 aromatic heterocycles. The van der Waals surface area contributed by atoms with Gasteiger partial charge in [0.05, 0.1) is 18.4 Å². The molecular formula is C21H23N3O2. The first-order chi connectivity index (χ1) is 12.7. The van der Waals surface area contributed by atoms with E-state index in [4.69, 9.17) is 4.42 Å². The van der Waals surface area contributed by atoms with Crippen LogP contribution in [0.5, 0.6) is 0 Å². The first-order valence-corrected chi connectivity index (χ1v) is 9.14. The fourth-order valence-electron chi connectivity index (χ4n) is 3.62. The van der Waals surface area contributed by atoms with Crippen LogP contribution in [0.4, 0.5) is 5.82 Å². The number of nitrogens with zero attached hydrogens (tertiary/aromatic N) is 3. The average molecular weight is 349 g/mol. The third-order valence-corrected chi connectivity index (χ3v) is 4.98. The zero-order valence-corrected chi connectivity index (χ0v) is 15.0.